The Hall–Kier alpha value is -1.79. The van der Waals surface area contributed by atoms with Crippen molar-refractivity contribution in [1.29, 1.82) is 0 Å². The molecule has 100 valence electrons. The summed E-state index contributed by atoms with van der Waals surface area (Å²) in [4.78, 5) is 7.87. The Kier molecular flexibility index (Phi) is 4.24. The summed E-state index contributed by atoms with van der Waals surface area (Å²) in [6.45, 7) is 1.97. The molecular weight excluding hydrogens is 264 g/mol. The van der Waals surface area contributed by atoms with Crippen molar-refractivity contribution in [1.82, 2.24) is 9.97 Å². The topological polar surface area (TPSA) is 69.2 Å². The summed E-state index contributed by atoms with van der Waals surface area (Å²) in [7, 11) is -3.69. The summed E-state index contributed by atoms with van der Waals surface area (Å²) < 4.78 is 28.7. The van der Waals surface area contributed by atoms with E-state index in [-0.39, 0.29) is 11.5 Å². The fourth-order valence-electron chi connectivity index (χ4n) is 1.50. The van der Waals surface area contributed by atoms with E-state index in [0.717, 1.165) is 11.1 Å². The van der Waals surface area contributed by atoms with Gasteiger partial charge in [0.15, 0.2) is 0 Å². The molecule has 0 saturated heterocycles. The van der Waals surface area contributed by atoms with Crippen LogP contribution in [0, 0.1) is 6.92 Å². The zero-order valence-electron chi connectivity index (χ0n) is 10.5. The molecule has 1 aromatic carbocycles. The smallest absolute Gasteiger partial charge is 0.266 e. The van der Waals surface area contributed by atoms with Gasteiger partial charge < -0.3 is 0 Å². The first-order valence-electron chi connectivity index (χ1n) is 5.78. The summed E-state index contributed by atoms with van der Waals surface area (Å²) in [6.07, 6.45) is 5.14. The zero-order valence-corrected chi connectivity index (χ0v) is 11.3. The molecule has 1 aromatic heterocycles. The SMILES string of the molecule is Cc1ccc(S(=O)(=O)OCCc2cncnc2)cc1. The highest BCUT2D eigenvalue weighted by Crippen LogP contribution is 2.13. The van der Waals surface area contributed by atoms with E-state index in [1.165, 1.54) is 18.5 Å². The predicted octanol–water partition coefficient (Wildman–Crippen LogP) is 1.73. The molecule has 0 N–H and O–H groups in total. The van der Waals surface area contributed by atoms with Crippen LogP contribution in [-0.2, 0) is 20.7 Å². The van der Waals surface area contributed by atoms with Gasteiger partial charge in [0, 0.05) is 18.8 Å². The van der Waals surface area contributed by atoms with E-state index in [9.17, 15) is 8.42 Å². The van der Waals surface area contributed by atoms with Crippen molar-refractivity contribution in [3.63, 3.8) is 0 Å². The summed E-state index contributed by atoms with van der Waals surface area (Å²) in [6, 6.07) is 6.55. The van der Waals surface area contributed by atoms with Crippen LogP contribution < -0.4 is 0 Å². The minimum atomic E-state index is -3.69. The van der Waals surface area contributed by atoms with Gasteiger partial charge >= 0.3 is 0 Å². The van der Waals surface area contributed by atoms with Crippen LogP contribution in [0.5, 0.6) is 0 Å². The molecule has 5 nitrogen and oxygen atoms in total. The van der Waals surface area contributed by atoms with Gasteiger partial charge in [0.1, 0.15) is 6.33 Å². The van der Waals surface area contributed by atoms with E-state index >= 15 is 0 Å². The van der Waals surface area contributed by atoms with E-state index in [4.69, 9.17) is 4.18 Å². The highest BCUT2D eigenvalue weighted by molar-refractivity contribution is 7.86. The minimum Gasteiger partial charge on any atom is -0.266 e. The molecule has 0 amide bonds. The Balaban J connectivity index is 1.97. The average molecular weight is 278 g/mol. The van der Waals surface area contributed by atoms with Gasteiger partial charge in [0.05, 0.1) is 11.5 Å². The number of aromatic nitrogens is 2. The number of benzene rings is 1. The summed E-state index contributed by atoms with van der Waals surface area (Å²) >= 11 is 0. The van der Waals surface area contributed by atoms with Crippen LogP contribution >= 0.6 is 0 Å². The van der Waals surface area contributed by atoms with E-state index < -0.39 is 10.1 Å². The molecule has 0 spiro atoms. The van der Waals surface area contributed by atoms with Crippen molar-refractivity contribution < 1.29 is 12.6 Å². The lowest BCUT2D eigenvalue weighted by atomic mass is 10.2. The molecule has 0 unspecified atom stereocenters. The number of aryl methyl sites for hydroxylation is 1. The van der Waals surface area contributed by atoms with Crippen LogP contribution in [0.25, 0.3) is 0 Å². The van der Waals surface area contributed by atoms with Gasteiger partial charge in [0.25, 0.3) is 10.1 Å². The third-order valence-electron chi connectivity index (χ3n) is 2.55. The van der Waals surface area contributed by atoms with Crippen LogP contribution in [-0.4, -0.2) is 25.0 Å². The van der Waals surface area contributed by atoms with Crippen LogP contribution in [0.1, 0.15) is 11.1 Å². The lowest BCUT2D eigenvalue weighted by Gasteiger charge is -2.05. The third kappa shape index (κ3) is 3.84. The van der Waals surface area contributed by atoms with Gasteiger partial charge in [-0.25, -0.2) is 9.97 Å². The quantitative estimate of drug-likeness (QED) is 0.779. The van der Waals surface area contributed by atoms with Crippen molar-refractivity contribution in [3.05, 3.63) is 54.1 Å². The highest BCUT2D eigenvalue weighted by Gasteiger charge is 2.14. The standard InChI is InChI=1S/C13H14N2O3S/c1-11-2-4-13(5-3-11)19(16,17)18-7-6-12-8-14-10-15-9-12/h2-5,8-10H,6-7H2,1H3. The molecule has 0 saturated carbocycles. The molecule has 19 heavy (non-hydrogen) atoms. The number of nitrogens with zero attached hydrogens (tertiary/aromatic N) is 2. The Bertz CT molecular complexity index is 625. The Morgan fingerprint density at radius 1 is 1.11 bits per heavy atom. The van der Waals surface area contributed by atoms with Gasteiger partial charge in [-0.15, -0.1) is 0 Å². The van der Waals surface area contributed by atoms with E-state index in [1.54, 1.807) is 24.5 Å². The molecule has 0 aliphatic carbocycles. The Morgan fingerprint density at radius 2 is 1.74 bits per heavy atom. The first-order valence-corrected chi connectivity index (χ1v) is 7.19. The highest BCUT2D eigenvalue weighted by atomic mass is 32.2. The predicted molar refractivity (Wildman–Crippen MR) is 70.1 cm³/mol. The minimum absolute atomic E-state index is 0.0730. The second-order valence-electron chi connectivity index (χ2n) is 4.09. The molecule has 0 radical (unpaired) electrons. The van der Waals surface area contributed by atoms with E-state index in [0.29, 0.717) is 6.42 Å². The van der Waals surface area contributed by atoms with Crippen molar-refractivity contribution >= 4 is 10.1 Å². The number of hydrogen-bond donors (Lipinski definition) is 0. The van der Waals surface area contributed by atoms with Crippen LogP contribution in [0.4, 0.5) is 0 Å². The van der Waals surface area contributed by atoms with Crippen molar-refractivity contribution in [2.24, 2.45) is 0 Å². The Morgan fingerprint density at radius 3 is 2.37 bits per heavy atom. The van der Waals surface area contributed by atoms with Gasteiger partial charge in [0.2, 0.25) is 0 Å². The molecule has 6 heteroatoms. The number of hydrogen-bond acceptors (Lipinski definition) is 5. The third-order valence-corrected chi connectivity index (χ3v) is 3.88. The molecule has 0 aliphatic rings. The lowest BCUT2D eigenvalue weighted by Crippen LogP contribution is -2.09. The average Bonchev–Trinajstić information content (AvgIpc) is 2.40. The molecule has 0 aliphatic heterocycles. The summed E-state index contributed by atoms with van der Waals surface area (Å²) in [5.74, 6) is 0. The molecule has 2 rings (SSSR count). The summed E-state index contributed by atoms with van der Waals surface area (Å²) in [5.41, 5.74) is 1.84. The van der Waals surface area contributed by atoms with Gasteiger partial charge in [-0.2, -0.15) is 8.42 Å². The molecule has 1 heterocycles. The Labute approximate surface area is 112 Å². The lowest BCUT2D eigenvalue weighted by molar-refractivity contribution is 0.322. The molecular formula is C13H14N2O3S. The van der Waals surface area contributed by atoms with Crippen molar-refractivity contribution in [2.75, 3.05) is 6.61 Å². The largest absolute Gasteiger partial charge is 0.296 e. The van der Waals surface area contributed by atoms with Crippen LogP contribution in [0.3, 0.4) is 0 Å². The first kappa shape index (κ1) is 13.6. The molecule has 0 fully saturated rings. The normalized spacial score (nSPS) is 11.4. The first-order chi connectivity index (χ1) is 9.08. The van der Waals surface area contributed by atoms with Crippen molar-refractivity contribution in [2.45, 2.75) is 18.2 Å². The maximum absolute atomic E-state index is 11.9. The van der Waals surface area contributed by atoms with Gasteiger partial charge in [-0.1, -0.05) is 17.7 Å². The second-order valence-corrected chi connectivity index (χ2v) is 5.70. The van der Waals surface area contributed by atoms with Crippen LogP contribution in [0.15, 0.2) is 47.9 Å². The van der Waals surface area contributed by atoms with Crippen LogP contribution in [0.2, 0.25) is 0 Å². The fraction of sp³-hybridized carbons (Fsp3) is 0.231. The van der Waals surface area contributed by atoms with E-state index in [1.807, 2.05) is 6.92 Å². The molecule has 0 bridgehead atoms. The maximum atomic E-state index is 11.9. The van der Waals surface area contributed by atoms with Crippen molar-refractivity contribution in [3.8, 4) is 0 Å². The fourth-order valence-corrected chi connectivity index (χ4v) is 2.41. The maximum Gasteiger partial charge on any atom is 0.296 e. The van der Waals surface area contributed by atoms with Gasteiger partial charge in [-0.05, 0) is 24.6 Å². The summed E-state index contributed by atoms with van der Waals surface area (Å²) in [5, 5.41) is 0. The molecule has 2 aromatic rings. The second kappa shape index (κ2) is 5.90. The van der Waals surface area contributed by atoms with Gasteiger partial charge in [-0.3, -0.25) is 4.18 Å². The zero-order chi connectivity index (χ0) is 13.7. The number of rotatable bonds is 5. The molecule has 0 atom stereocenters. The van der Waals surface area contributed by atoms with E-state index in [2.05, 4.69) is 9.97 Å². The monoisotopic (exact) mass is 278 g/mol.